The average molecular weight is 147 g/mol. The van der Waals surface area contributed by atoms with E-state index in [1.165, 1.54) is 7.11 Å². The topological polar surface area (TPSA) is 58.6 Å². The summed E-state index contributed by atoms with van der Waals surface area (Å²) in [6, 6.07) is -0.620. The molecule has 0 aliphatic heterocycles. The number of hydrogen-bond acceptors (Lipinski definition) is 3. The van der Waals surface area contributed by atoms with E-state index in [9.17, 15) is 4.79 Å². The summed E-state index contributed by atoms with van der Waals surface area (Å²) in [6.07, 6.45) is -0.303. The molecule has 0 rings (SSSR count). The second kappa shape index (κ2) is 4.24. The summed E-state index contributed by atoms with van der Waals surface area (Å²) in [5.74, 6) is -0.892. The molecule has 2 atom stereocenters. The maximum absolute atomic E-state index is 10.4. The molecule has 4 heteroatoms. The quantitative estimate of drug-likeness (QED) is 0.573. The van der Waals surface area contributed by atoms with Crippen molar-refractivity contribution in [1.29, 1.82) is 0 Å². The first-order valence-electron chi connectivity index (χ1n) is 3.06. The van der Waals surface area contributed by atoms with Crippen molar-refractivity contribution in [2.75, 3.05) is 14.2 Å². The Bertz CT molecular complexity index is 116. The third kappa shape index (κ3) is 2.33. The molecule has 0 heterocycles. The van der Waals surface area contributed by atoms with Gasteiger partial charge in [0.05, 0.1) is 6.10 Å². The highest BCUT2D eigenvalue weighted by Crippen LogP contribution is 1.95. The maximum Gasteiger partial charge on any atom is 0.323 e. The highest BCUT2D eigenvalue weighted by Gasteiger charge is 2.21. The first-order valence-corrected chi connectivity index (χ1v) is 3.06. The number of rotatable bonds is 4. The smallest absolute Gasteiger partial charge is 0.323 e. The van der Waals surface area contributed by atoms with Crippen LogP contribution in [0.4, 0.5) is 0 Å². The van der Waals surface area contributed by atoms with Gasteiger partial charge >= 0.3 is 5.97 Å². The van der Waals surface area contributed by atoms with Gasteiger partial charge in [-0.3, -0.25) is 4.79 Å². The van der Waals surface area contributed by atoms with Gasteiger partial charge in [0.15, 0.2) is 0 Å². The Morgan fingerprint density at radius 1 is 1.70 bits per heavy atom. The lowest BCUT2D eigenvalue weighted by molar-refractivity contribution is -0.142. The molecule has 0 bridgehead atoms. The Hall–Kier alpha value is -0.610. The molecular weight excluding hydrogens is 134 g/mol. The fraction of sp³-hybridized carbons (Fsp3) is 0.833. The lowest BCUT2D eigenvalue weighted by Crippen LogP contribution is -2.43. The molecule has 0 saturated carbocycles. The van der Waals surface area contributed by atoms with E-state index in [4.69, 9.17) is 9.84 Å². The fourth-order valence-electron chi connectivity index (χ4n) is 0.695. The zero-order valence-electron chi connectivity index (χ0n) is 6.42. The van der Waals surface area contributed by atoms with Crippen LogP contribution in [0.3, 0.4) is 0 Å². The van der Waals surface area contributed by atoms with Crippen molar-refractivity contribution in [2.45, 2.75) is 19.1 Å². The van der Waals surface area contributed by atoms with Crippen LogP contribution in [-0.2, 0) is 9.53 Å². The van der Waals surface area contributed by atoms with Crippen molar-refractivity contribution in [3.63, 3.8) is 0 Å². The standard InChI is InChI=1S/C6H13NO3/c1-4(10-3)5(7-2)6(8)9/h4-5,7H,1-3H3,(H,8,9). The van der Waals surface area contributed by atoms with Gasteiger partial charge in [-0.05, 0) is 14.0 Å². The van der Waals surface area contributed by atoms with Crippen LogP contribution in [0.25, 0.3) is 0 Å². The molecule has 0 fully saturated rings. The monoisotopic (exact) mass is 147 g/mol. The molecule has 0 aliphatic carbocycles. The largest absolute Gasteiger partial charge is 0.480 e. The summed E-state index contributed by atoms with van der Waals surface area (Å²) in [6.45, 7) is 1.70. The molecule has 0 aromatic carbocycles. The van der Waals surface area contributed by atoms with Gasteiger partial charge in [-0.25, -0.2) is 0 Å². The van der Waals surface area contributed by atoms with Crippen LogP contribution in [-0.4, -0.2) is 37.4 Å². The number of carboxylic acids is 1. The third-order valence-corrected chi connectivity index (χ3v) is 1.42. The number of likely N-dealkylation sites (N-methyl/N-ethyl adjacent to an activating group) is 1. The third-order valence-electron chi connectivity index (χ3n) is 1.42. The number of nitrogens with one attached hydrogen (secondary N) is 1. The molecule has 2 unspecified atom stereocenters. The van der Waals surface area contributed by atoms with Crippen LogP contribution in [0.5, 0.6) is 0 Å². The number of aliphatic carboxylic acids is 1. The van der Waals surface area contributed by atoms with E-state index in [1.807, 2.05) is 0 Å². The van der Waals surface area contributed by atoms with Gasteiger partial charge in [0, 0.05) is 7.11 Å². The summed E-state index contributed by atoms with van der Waals surface area (Å²) < 4.78 is 4.82. The van der Waals surface area contributed by atoms with Gasteiger partial charge in [0.2, 0.25) is 0 Å². The number of ether oxygens (including phenoxy) is 1. The predicted octanol–water partition coefficient (Wildman–Crippen LogP) is -0.306. The molecule has 0 spiro atoms. The molecule has 10 heavy (non-hydrogen) atoms. The lowest BCUT2D eigenvalue weighted by atomic mass is 10.2. The molecule has 0 radical (unpaired) electrons. The van der Waals surface area contributed by atoms with Gasteiger partial charge in [0.25, 0.3) is 0 Å². The number of carbonyl (C=O) groups is 1. The molecule has 2 N–H and O–H groups in total. The van der Waals surface area contributed by atoms with Crippen LogP contribution in [0, 0.1) is 0 Å². The molecule has 60 valence electrons. The highest BCUT2D eigenvalue weighted by atomic mass is 16.5. The van der Waals surface area contributed by atoms with E-state index in [2.05, 4.69) is 5.32 Å². The minimum Gasteiger partial charge on any atom is -0.480 e. The zero-order valence-corrected chi connectivity index (χ0v) is 6.42. The van der Waals surface area contributed by atoms with E-state index < -0.39 is 12.0 Å². The van der Waals surface area contributed by atoms with E-state index in [1.54, 1.807) is 14.0 Å². The first kappa shape index (κ1) is 9.39. The second-order valence-electron chi connectivity index (χ2n) is 2.05. The number of hydrogen-bond donors (Lipinski definition) is 2. The van der Waals surface area contributed by atoms with Crippen molar-refractivity contribution in [1.82, 2.24) is 5.32 Å². The Labute approximate surface area is 60.2 Å². The summed E-state index contributed by atoms with van der Waals surface area (Å²) >= 11 is 0. The molecule has 4 nitrogen and oxygen atoms in total. The predicted molar refractivity (Wildman–Crippen MR) is 37.0 cm³/mol. The summed E-state index contributed by atoms with van der Waals surface area (Å²) in [7, 11) is 3.08. The van der Waals surface area contributed by atoms with Gasteiger partial charge in [0.1, 0.15) is 6.04 Å². The van der Waals surface area contributed by atoms with Gasteiger partial charge in [-0.1, -0.05) is 0 Å². The van der Waals surface area contributed by atoms with E-state index >= 15 is 0 Å². The fourth-order valence-corrected chi connectivity index (χ4v) is 0.695. The number of carboxylic acid groups (broad SMARTS) is 1. The van der Waals surface area contributed by atoms with Crippen LogP contribution >= 0.6 is 0 Å². The second-order valence-corrected chi connectivity index (χ2v) is 2.05. The highest BCUT2D eigenvalue weighted by molar-refractivity contribution is 5.74. The Morgan fingerprint density at radius 3 is 2.30 bits per heavy atom. The average Bonchev–Trinajstić information content (AvgIpc) is 1.88. The van der Waals surface area contributed by atoms with Gasteiger partial charge in [-0.15, -0.1) is 0 Å². The molecule has 0 aromatic heterocycles. The van der Waals surface area contributed by atoms with E-state index in [0.717, 1.165) is 0 Å². The van der Waals surface area contributed by atoms with E-state index in [0.29, 0.717) is 0 Å². The molecule has 0 aliphatic rings. The molecule has 0 amide bonds. The summed E-state index contributed by atoms with van der Waals surface area (Å²) in [4.78, 5) is 10.4. The Kier molecular flexibility index (Phi) is 3.99. The summed E-state index contributed by atoms with van der Waals surface area (Å²) in [5.41, 5.74) is 0. The Balaban J connectivity index is 3.92. The zero-order chi connectivity index (χ0) is 8.15. The van der Waals surface area contributed by atoms with E-state index in [-0.39, 0.29) is 6.10 Å². The normalized spacial score (nSPS) is 16.3. The van der Waals surface area contributed by atoms with Crippen molar-refractivity contribution in [3.05, 3.63) is 0 Å². The molecular formula is C6H13NO3. The van der Waals surface area contributed by atoms with Crippen LogP contribution in [0.15, 0.2) is 0 Å². The maximum atomic E-state index is 10.4. The first-order chi connectivity index (χ1) is 4.63. The minimum absolute atomic E-state index is 0.303. The van der Waals surface area contributed by atoms with Crippen LogP contribution < -0.4 is 5.32 Å². The van der Waals surface area contributed by atoms with Crippen molar-refractivity contribution in [3.8, 4) is 0 Å². The van der Waals surface area contributed by atoms with Gasteiger partial charge < -0.3 is 15.2 Å². The SMILES string of the molecule is CNC(C(=O)O)C(C)OC. The lowest BCUT2D eigenvalue weighted by Gasteiger charge is -2.17. The summed E-state index contributed by atoms with van der Waals surface area (Å²) in [5, 5.41) is 11.2. The number of methoxy groups -OCH3 is 1. The van der Waals surface area contributed by atoms with Crippen molar-refractivity contribution < 1.29 is 14.6 Å². The molecule has 0 saturated heterocycles. The minimum atomic E-state index is -0.892. The van der Waals surface area contributed by atoms with Gasteiger partial charge in [-0.2, -0.15) is 0 Å². The Morgan fingerprint density at radius 2 is 2.20 bits per heavy atom. The van der Waals surface area contributed by atoms with Crippen LogP contribution in [0.1, 0.15) is 6.92 Å². The van der Waals surface area contributed by atoms with Crippen LogP contribution in [0.2, 0.25) is 0 Å². The van der Waals surface area contributed by atoms with Crippen molar-refractivity contribution >= 4 is 5.97 Å². The molecule has 0 aromatic rings. The van der Waals surface area contributed by atoms with Crippen molar-refractivity contribution in [2.24, 2.45) is 0 Å².